The lowest BCUT2D eigenvalue weighted by Gasteiger charge is -2.13. The van der Waals surface area contributed by atoms with Crippen molar-refractivity contribution in [2.75, 3.05) is 10.6 Å². The Labute approximate surface area is 111 Å². The van der Waals surface area contributed by atoms with Gasteiger partial charge in [-0.2, -0.15) is 0 Å². The van der Waals surface area contributed by atoms with E-state index in [0.29, 0.717) is 5.95 Å². The van der Waals surface area contributed by atoms with Crippen molar-refractivity contribution in [3.63, 3.8) is 0 Å². The first-order valence-electron chi connectivity index (χ1n) is 6.55. The van der Waals surface area contributed by atoms with Crippen LogP contribution in [0.15, 0.2) is 30.5 Å². The third-order valence-corrected chi connectivity index (χ3v) is 3.64. The molecule has 0 spiro atoms. The van der Waals surface area contributed by atoms with E-state index in [2.05, 4.69) is 44.1 Å². The molecule has 0 bridgehead atoms. The molecule has 19 heavy (non-hydrogen) atoms. The second kappa shape index (κ2) is 4.20. The molecule has 0 amide bonds. The molecule has 1 unspecified atom stereocenters. The second-order valence-electron chi connectivity index (χ2n) is 4.97. The van der Waals surface area contributed by atoms with Crippen molar-refractivity contribution in [2.45, 2.75) is 25.7 Å². The largest absolute Gasteiger partial charge is 0.365 e. The van der Waals surface area contributed by atoms with E-state index in [1.165, 1.54) is 16.8 Å². The second-order valence-corrected chi connectivity index (χ2v) is 4.97. The maximum absolute atomic E-state index is 4.55. The highest BCUT2D eigenvalue weighted by Gasteiger charge is 2.21. The predicted octanol–water partition coefficient (Wildman–Crippen LogP) is 1.49. The van der Waals surface area contributed by atoms with E-state index in [1.807, 2.05) is 12.3 Å². The van der Waals surface area contributed by atoms with E-state index in [0.717, 1.165) is 25.2 Å². The van der Waals surface area contributed by atoms with Crippen molar-refractivity contribution in [1.82, 2.24) is 15.3 Å². The first-order valence-corrected chi connectivity index (χ1v) is 6.55. The normalized spacial score (nSPS) is 19.7. The van der Waals surface area contributed by atoms with Gasteiger partial charge >= 0.3 is 0 Å². The van der Waals surface area contributed by atoms with Crippen LogP contribution in [0.5, 0.6) is 0 Å². The van der Waals surface area contributed by atoms with Crippen molar-refractivity contribution in [2.24, 2.45) is 0 Å². The van der Waals surface area contributed by atoms with Crippen LogP contribution >= 0.6 is 0 Å². The van der Waals surface area contributed by atoms with Crippen LogP contribution in [0, 0.1) is 0 Å². The van der Waals surface area contributed by atoms with Crippen LogP contribution in [0.3, 0.4) is 0 Å². The van der Waals surface area contributed by atoms with E-state index < -0.39 is 0 Å². The summed E-state index contributed by atoms with van der Waals surface area (Å²) in [5, 5.41) is 10.1. The first-order chi connectivity index (χ1) is 9.38. The molecule has 1 atom stereocenters. The van der Waals surface area contributed by atoms with Crippen molar-refractivity contribution < 1.29 is 0 Å². The Morgan fingerprint density at radius 2 is 2.11 bits per heavy atom. The zero-order valence-electron chi connectivity index (χ0n) is 10.5. The number of benzene rings is 1. The quantitative estimate of drug-likeness (QED) is 0.757. The molecule has 0 fully saturated rings. The molecule has 3 heterocycles. The molecule has 0 radical (unpaired) electrons. The summed E-state index contributed by atoms with van der Waals surface area (Å²) in [4.78, 5) is 8.93. The van der Waals surface area contributed by atoms with Gasteiger partial charge in [-0.25, -0.2) is 9.97 Å². The zero-order chi connectivity index (χ0) is 12.7. The Bertz CT molecular complexity index is 600. The number of anilines is 2. The van der Waals surface area contributed by atoms with Gasteiger partial charge in [0, 0.05) is 37.0 Å². The van der Waals surface area contributed by atoms with E-state index >= 15 is 0 Å². The molecule has 0 aliphatic carbocycles. The Balaban J connectivity index is 1.51. The fraction of sp³-hybridized carbons (Fsp3) is 0.286. The minimum Gasteiger partial charge on any atom is -0.365 e. The van der Waals surface area contributed by atoms with Crippen molar-refractivity contribution in [3.05, 3.63) is 47.3 Å². The van der Waals surface area contributed by atoms with Crippen molar-refractivity contribution in [1.29, 1.82) is 0 Å². The van der Waals surface area contributed by atoms with E-state index in [1.54, 1.807) is 0 Å². The van der Waals surface area contributed by atoms with Gasteiger partial charge in [0.25, 0.3) is 0 Å². The molecule has 0 saturated carbocycles. The molecule has 1 aromatic carbocycles. The highest BCUT2D eigenvalue weighted by atomic mass is 15.2. The summed E-state index contributed by atoms with van der Waals surface area (Å²) in [7, 11) is 0. The number of fused-ring (bicyclic) bond motifs is 2. The summed E-state index contributed by atoms with van der Waals surface area (Å²) in [5.41, 5.74) is 4.84. The monoisotopic (exact) mass is 253 g/mol. The molecule has 2 aliphatic heterocycles. The average Bonchev–Trinajstić information content (AvgIpc) is 3.03. The summed E-state index contributed by atoms with van der Waals surface area (Å²) < 4.78 is 0. The van der Waals surface area contributed by atoms with Crippen LogP contribution in [-0.2, 0) is 19.5 Å². The molecule has 2 aromatic rings. The van der Waals surface area contributed by atoms with Crippen molar-refractivity contribution >= 4 is 11.6 Å². The van der Waals surface area contributed by atoms with Crippen LogP contribution in [0.1, 0.15) is 16.8 Å². The summed E-state index contributed by atoms with van der Waals surface area (Å²) in [5.74, 6) is 0.702. The van der Waals surface area contributed by atoms with Crippen molar-refractivity contribution in [3.8, 4) is 0 Å². The SMILES string of the molecule is c1ccc2c(c1)CC(Nc1ncc3c(n1)CNC3)N2. The Hall–Kier alpha value is -2.14. The van der Waals surface area contributed by atoms with Gasteiger partial charge in [-0.05, 0) is 11.6 Å². The number of hydrogen-bond acceptors (Lipinski definition) is 5. The Morgan fingerprint density at radius 3 is 3.05 bits per heavy atom. The number of nitrogens with zero attached hydrogens (tertiary/aromatic N) is 2. The minimum atomic E-state index is 0.171. The van der Waals surface area contributed by atoms with Gasteiger partial charge < -0.3 is 16.0 Å². The number of nitrogens with one attached hydrogen (secondary N) is 3. The zero-order valence-corrected chi connectivity index (χ0v) is 10.5. The predicted molar refractivity (Wildman–Crippen MR) is 73.8 cm³/mol. The van der Waals surface area contributed by atoms with Crippen LogP contribution in [0.2, 0.25) is 0 Å². The fourth-order valence-corrected chi connectivity index (χ4v) is 2.67. The smallest absolute Gasteiger partial charge is 0.224 e. The van der Waals surface area contributed by atoms with E-state index in [9.17, 15) is 0 Å². The number of rotatable bonds is 2. The molecule has 96 valence electrons. The molecular formula is C14H15N5. The topological polar surface area (TPSA) is 61.9 Å². The molecule has 5 nitrogen and oxygen atoms in total. The van der Waals surface area contributed by atoms with Gasteiger partial charge in [-0.1, -0.05) is 18.2 Å². The highest BCUT2D eigenvalue weighted by molar-refractivity contribution is 5.58. The Kier molecular flexibility index (Phi) is 2.38. The van der Waals surface area contributed by atoms with E-state index in [-0.39, 0.29) is 6.17 Å². The van der Waals surface area contributed by atoms with Crippen LogP contribution in [-0.4, -0.2) is 16.1 Å². The standard InChI is InChI=1S/C14H15N5/c1-2-4-11-9(3-1)5-13(17-11)19-14-16-7-10-6-15-8-12(10)18-14/h1-4,7,13,15,17H,5-6,8H2,(H,16,18,19). The van der Waals surface area contributed by atoms with Gasteiger partial charge in [0.2, 0.25) is 5.95 Å². The third-order valence-electron chi connectivity index (χ3n) is 3.64. The highest BCUT2D eigenvalue weighted by Crippen LogP contribution is 2.25. The lowest BCUT2D eigenvalue weighted by atomic mass is 10.1. The van der Waals surface area contributed by atoms with Crippen LogP contribution in [0.4, 0.5) is 11.6 Å². The van der Waals surface area contributed by atoms with Gasteiger partial charge in [0.1, 0.15) is 6.17 Å². The lowest BCUT2D eigenvalue weighted by molar-refractivity contribution is 0.757. The maximum Gasteiger partial charge on any atom is 0.224 e. The lowest BCUT2D eigenvalue weighted by Crippen LogP contribution is -2.27. The molecular weight excluding hydrogens is 238 g/mol. The third kappa shape index (κ3) is 1.92. The average molecular weight is 253 g/mol. The van der Waals surface area contributed by atoms with Gasteiger partial charge in [0.15, 0.2) is 0 Å². The Morgan fingerprint density at radius 1 is 1.16 bits per heavy atom. The summed E-state index contributed by atoms with van der Waals surface area (Å²) in [6, 6.07) is 8.37. The fourth-order valence-electron chi connectivity index (χ4n) is 2.67. The summed E-state index contributed by atoms with van der Waals surface area (Å²) in [6.45, 7) is 1.72. The van der Waals surface area contributed by atoms with Crippen LogP contribution < -0.4 is 16.0 Å². The van der Waals surface area contributed by atoms with Gasteiger partial charge in [-0.3, -0.25) is 0 Å². The van der Waals surface area contributed by atoms with E-state index in [4.69, 9.17) is 0 Å². The molecule has 2 aliphatic rings. The summed E-state index contributed by atoms with van der Waals surface area (Å²) in [6.07, 6.45) is 3.03. The number of aromatic nitrogens is 2. The molecule has 0 saturated heterocycles. The maximum atomic E-state index is 4.55. The number of para-hydroxylation sites is 1. The van der Waals surface area contributed by atoms with Crippen LogP contribution in [0.25, 0.3) is 0 Å². The molecule has 4 rings (SSSR count). The molecule has 5 heteroatoms. The minimum absolute atomic E-state index is 0.171. The molecule has 1 aromatic heterocycles. The first kappa shape index (κ1) is 10.8. The number of hydrogen-bond donors (Lipinski definition) is 3. The summed E-state index contributed by atoms with van der Waals surface area (Å²) >= 11 is 0. The van der Waals surface area contributed by atoms with Gasteiger partial charge in [-0.15, -0.1) is 0 Å². The molecule has 3 N–H and O–H groups in total. The van der Waals surface area contributed by atoms with Gasteiger partial charge in [0.05, 0.1) is 5.69 Å².